The number of aromatic nitrogens is 5. The fourth-order valence-electron chi connectivity index (χ4n) is 5.42. The van der Waals surface area contributed by atoms with Crippen molar-refractivity contribution < 1.29 is 26.7 Å². The Morgan fingerprint density at radius 2 is 1.81 bits per heavy atom. The maximum Gasteiger partial charge on any atom is 0.416 e. The number of benzene rings is 1. The molecule has 1 fully saturated rings. The number of hydrogen-bond acceptors (Lipinski definition) is 6. The number of piperidine rings is 1. The molecule has 0 bridgehead atoms. The minimum absolute atomic E-state index is 0.0190. The van der Waals surface area contributed by atoms with E-state index in [0.29, 0.717) is 22.5 Å². The Labute approximate surface area is 241 Å². The Morgan fingerprint density at radius 1 is 1.05 bits per heavy atom. The van der Waals surface area contributed by atoms with E-state index < -0.39 is 23.6 Å². The summed E-state index contributed by atoms with van der Waals surface area (Å²) < 4.78 is 71.6. The summed E-state index contributed by atoms with van der Waals surface area (Å²) >= 11 is 6.36. The van der Waals surface area contributed by atoms with E-state index in [1.165, 1.54) is 12.4 Å². The van der Waals surface area contributed by atoms with E-state index in [1.54, 1.807) is 47.1 Å². The van der Waals surface area contributed by atoms with Crippen LogP contribution in [-0.2, 0) is 26.3 Å². The van der Waals surface area contributed by atoms with Crippen LogP contribution in [0.4, 0.5) is 27.8 Å². The van der Waals surface area contributed by atoms with E-state index in [2.05, 4.69) is 20.2 Å². The fraction of sp³-hybridized carbons (Fsp3) is 0.321. The Morgan fingerprint density at radius 3 is 2.50 bits per heavy atom. The van der Waals surface area contributed by atoms with Crippen molar-refractivity contribution in [2.24, 2.45) is 7.05 Å². The number of nitrogens with zero attached hydrogens (tertiary/aromatic N) is 7. The molecular weight excluding hydrogens is 581 g/mol. The molecule has 1 aromatic carbocycles. The lowest BCUT2D eigenvalue weighted by Crippen LogP contribution is -2.38. The summed E-state index contributed by atoms with van der Waals surface area (Å²) in [6.45, 7) is -0.253. The third-order valence-electron chi connectivity index (χ3n) is 7.54. The van der Waals surface area contributed by atoms with Crippen molar-refractivity contribution in [1.29, 1.82) is 0 Å². The number of halogens is 6. The second-order valence-electron chi connectivity index (χ2n) is 10.4. The van der Waals surface area contributed by atoms with Crippen molar-refractivity contribution in [1.82, 2.24) is 29.6 Å². The van der Waals surface area contributed by atoms with E-state index in [1.807, 2.05) is 0 Å². The minimum Gasteiger partial charge on any atom is -0.317 e. The van der Waals surface area contributed by atoms with Gasteiger partial charge in [0.2, 0.25) is 0 Å². The summed E-state index contributed by atoms with van der Waals surface area (Å²) in [6.07, 6.45) is -0.756. The van der Waals surface area contributed by atoms with Crippen LogP contribution in [-0.4, -0.2) is 54.6 Å². The highest BCUT2D eigenvalue weighted by atomic mass is 35.5. The summed E-state index contributed by atoms with van der Waals surface area (Å²) in [4.78, 5) is 24.9. The first-order valence-electron chi connectivity index (χ1n) is 13.0. The van der Waals surface area contributed by atoms with Gasteiger partial charge in [-0.15, -0.1) is 10.2 Å². The van der Waals surface area contributed by atoms with Crippen molar-refractivity contribution >= 4 is 23.3 Å². The second-order valence-corrected chi connectivity index (χ2v) is 10.8. The van der Waals surface area contributed by atoms with Crippen LogP contribution in [0, 0.1) is 0 Å². The molecule has 42 heavy (non-hydrogen) atoms. The van der Waals surface area contributed by atoms with Crippen LogP contribution < -0.4 is 4.90 Å². The lowest BCUT2D eigenvalue weighted by atomic mass is 9.98. The lowest BCUT2D eigenvalue weighted by molar-refractivity contribution is -0.138. The summed E-state index contributed by atoms with van der Waals surface area (Å²) in [5.74, 6) is -2.83. The standard InChI is InChI=1S/C28H23ClF5N7O/c1-39-15-36-38-25(39)18-2-5-35-12-20(18)17-10-23(29)37-24(11-17)41-14-21-19(26(41)42)8-16(9-22(21)28(32,33)34)13-40-6-3-27(30,31)4-7-40/h2,5,8-12,15H,3-4,6-7,13-14H2,1H3. The number of alkyl halides is 5. The Balaban J connectivity index is 1.36. The Hall–Kier alpha value is -3.97. The maximum atomic E-state index is 14.2. The molecule has 2 aliphatic rings. The van der Waals surface area contributed by atoms with Gasteiger partial charge >= 0.3 is 6.18 Å². The van der Waals surface area contributed by atoms with Crippen LogP contribution in [0.2, 0.25) is 5.15 Å². The first-order valence-corrected chi connectivity index (χ1v) is 13.4. The number of amides is 1. The summed E-state index contributed by atoms with van der Waals surface area (Å²) in [5, 5.41) is 8.09. The van der Waals surface area contributed by atoms with Crippen molar-refractivity contribution in [3.8, 4) is 22.5 Å². The van der Waals surface area contributed by atoms with E-state index in [4.69, 9.17) is 11.6 Å². The molecule has 3 aromatic heterocycles. The number of fused-ring (bicyclic) bond motifs is 1. The molecule has 0 atom stereocenters. The van der Waals surface area contributed by atoms with Gasteiger partial charge < -0.3 is 4.57 Å². The van der Waals surface area contributed by atoms with Crippen molar-refractivity contribution in [2.45, 2.75) is 38.0 Å². The summed E-state index contributed by atoms with van der Waals surface area (Å²) in [7, 11) is 1.78. The topological polar surface area (TPSA) is 80.0 Å². The van der Waals surface area contributed by atoms with Gasteiger partial charge in [-0.25, -0.2) is 13.8 Å². The number of pyridine rings is 2. The van der Waals surface area contributed by atoms with Crippen LogP contribution >= 0.6 is 11.6 Å². The molecule has 1 amide bonds. The predicted molar refractivity (Wildman–Crippen MR) is 144 cm³/mol. The van der Waals surface area contributed by atoms with Gasteiger partial charge in [-0.3, -0.25) is 19.6 Å². The van der Waals surface area contributed by atoms with Crippen LogP contribution in [0.1, 0.15) is 39.9 Å². The van der Waals surface area contributed by atoms with Crippen LogP contribution in [0.5, 0.6) is 0 Å². The van der Waals surface area contributed by atoms with Crippen molar-refractivity contribution in [3.63, 3.8) is 0 Å². The molecule has 2 aliphatic heterocycles. The molecule has 8 nitrogen and oxygen atoms in total. The quantitative estimate of drug-likeness (QED) is 0.206. The molecule has 0 aliphatic carbocycles. The number of carbonyl (C=O) groups is 1. The smallest absolute Gasteiger partial charge is 0.317 e. The molecule has 0 saturated carbocycles. The van der Waals surface area contributed by atoms with Gasteiger partial charge in [0.15, 0.2) is 5.82 Å². The monoisotopic (exact) mass is 603 g/mol. The summed E-state index contributed by atoms with van der Waals surface area (Å²) in [5.41, 5.74) is 0.815. The number of hydrogen-bond donors (Lipinski definition) is 0. The molecule has 1 saturated heterocycles. The normalized spacial score (nSPS) is 17.1. The fourth-order valence-corrected chi connectivity index (χ4v) is 5.62. The second kappa shape index (κ2) is 10.4. The molecule has 0 N–H and O–H groups in total. The van der Waals surface area contributed by atoms with Gasteiger partial charge in [0, 0.05) is 68.6 Å². The molecule has 4 aromatic rings. The average Bonchev–Trinajstić information content (AvgIpc) is 3.51. The van der Waals surface area contributed by atoms with Crippen LogP contribution in [0.25, 0.3) is 22.5 Å². The SMILES string of the molecule is Cn1cnnc1-c1ccncc1-c1cc(Cl)nc(N2Cc3c(cc(CN4CCC(F)(F)CC4)cc3C(F)(F)F)C2=O)c1. The number of rotatable bonds is 5. The maximum absolute atomic E-state index is 14.2. The van der Waals surface area contributed by atoms with Crippen molar-refractivity contribution in [2.75, 3.05) is 18.0 Å². The molecule has 0 spiro atoms. The number of likely N-dealkylation sites (tertiary alicyclic amines) is 1. The highest BCUT2D eigenvalue weighted by molar-refractivity contribution is 6.30. The van der Waals surface area contributed by atoms with Gasteiger partial charge in [0.05, 0.1) is 12.1 Å². The highest BCUT2D eigenvalue weighted by Gasteiger charge is 2.41. The number of aryl methyl sites for hydroxylation is 1. The molecule has 218 valence electrons. The van der Waals surface area contributed by atoms with Gasteiger partial charge in [-0.05, 0) is 47.0 Å². The minimum atomic E-state index is -4.74. The molecule has 5 heterocycles. The summed E-state index contributed by atoms with van der Waals surface area (Å²) in [6, 6.07) is 7.29. The molecule has 0 unspecified atom stereocenters. The third kappa shape index (κ3) is 5.34. The van der Waals surface area contributed by atoms with Crippen molar-refractivity contribution in [3.05, 3.63) is 76.5 Å². The largest absolute Gasteiger partial charge is 0.416 e. The Bertz CT molecular complexity index is 1680. The molecule has 6 rings (SSSR count). The first-order chi connectivity index (χ1) is 19.9. The first kappa shape index (κ1) is 28.2. The molecule has 0 radical (unpaired) electrons. The van der Waals surface area contributed by atoms with Gasteiger partial charge in [0.25, 0.3) is 11.8 Å². The molecular formula is C28H23ClF5N7O. The van der Waals surface area contributed by atoms with Crippen LogP contribution in [0.15, 0.2) is 49.1 Å². The average molecular weight is 604 g/mol. The van der Waals surface area contributed by atoms with Gasteiger partial charge in [-0.2, -0.15) is 13.2 Å². The van der Waals surface area contributed by atoms with E-state index >= 15 is 0 Å². The number of carbonyl (C=O) groups excluding carboxylic acids is 1. The third-order valence-corrected chi connectivity index (χ3v) is 7.74. The zero-order valence-corrected chi connectivity index (χ0v) is 22.9. The lowest BCUT2D eigenvalue weighted by Gasteiger charge is -2.31. The zero-order chi connectivity index (χ0) is 29.8. The van der Waals surface area contributed by atoms with E-state index in [9.17, 15) is 26.7 Å². The van der Waals surface area contributed by atoms with Crippen LogP contribution in [0.3, 0.4) is 0 Å². The highest BCUT2D eigenvalue weighted by Crippen LogP contribution is 2.41. The Kier molecular flexibility index (Phi) is 6.97. The van der Waals surface area contributed by atoms with Gasteiger partial charge in [0.1, 0.15) is 17.3 Å². The molecule has 14 heteroatoms. The predicted octanol–water partition coefficient (Wildman–Crippen LogP) is 6.00. The van der Waals surface area contributed by atoms with E-state index in [0.717, 1.165) is 11.0 Å². The van der Waals surface area contributed by atoms with E-state index in [-0.39, 0.29) is 66.7 Å². The zero-order valence-electron chi connectivity index (χ0n) is 22.2. The van der Waals surface area contributed by atoms with Gasteiger partial charge in [-0.1, -0.05) is 11.6 Å². The number of anilines is 1.